The lowest BCUT2D eigenvalue weighted by molar-refractivity contribution is -0.385. The number of nitrogens with zero attached hydrogens (tertiary/aromatic N) is 12. The Morgan fingerprint density at radius 1 is 0.204 bits per heavy atom. The van der Waals surface area contributed by atoms with Gasteiger partial charge < -0.3 is 37.9 Å². The maximum absolute atomic E-state index is 11.0. The Hall–Kier alpha value is -11.0. The summed E-state index contributed by atoms with van der Waals surface area (Å²) in [5.41, 5.74) is 4.71. The minimum absolute atomic E-state index is 0.00150. The van der Waals surface area contributed by atoms with Crippen molar-refractivity contribution in [3.63, 3.8) is 0 Å². The molecular weight excluding hydrogens is 1460 g/mol. The van der Waals surface area contributed by atoms with Crippen LogP contribution in [0.25, 0.3) is 0 Å². The molecule has 0 spiro atoms. The van der Waals surface area contributed by atoms with E-state index < -0.39 is 27.8 Å². The first-order valence-corrected chi connectivity index (χ1v) is 42.0. The summed E-state index contributed by atoms with van der Waals surface area (Å²) in [5, 5.41) is 77.6. The highest BCUT2D eigenvalue weighted by atomic mass is 28.3. The van der Waals surface area contributed by atoms with Crippen molar-refractivity contribution < 1.29 is 57.6 Å². The molecule has 0 atom stereocenters. The topological polar surface area (TPSA) is 345 Å². The number of rotatable bonds is 60. The average molecular weight is 1570 g/mol. The van der Waals surface area contributed by atoms with Gasteiger partial charge in [-0.05, 0) is 248 Å². The molecule has 29 heteroatoms. The number of azo groups is 4. The summed E-state index contributed by atoms with van der Waals surface area (Å²) in [5.74, 6) is 3.03. The first-order chi connectivity index (χ1) is 55.3. The molecule has 0 bridgehead atoms. The standard InChI is InChI=1S/C84H104N12O16Si/c97-93(98)77-37-21-69(22-38-77)85-89-73-29-45-81(46-30-73)109-61-13-5-1-9-53-105-57-17-65-113(66-18-58-106-54-10-2-6-14-62-110-82-47-31-74(32-48-82)90-86-70-23-39-78(40-24-70)94(99)100,67-19-59-107-55-11-3-7-15-63-111-83-49-33-75(34-50-83)91-87-71-25-41-79(42-26-71)95(101)102)68-20-60-108-56-12-4-8-16-64-112-84-51-35-76(36-52-84)92-88-72-27-43-80(44-28-72)96(103)104/h21-52H,1-20,53-68H2. The number of unbranched alkanes of at least 4 members (excludes halogenated alkanes) is 12. The summed E-state index contributed by atoms with van der Waals surface area (Å²) in [6.07, 6.45) is 20.1. The Morgan fingerprint density at radius 3 is 0.522 bits per heavy atom. The van der Waals surface area contributed by atoms with E-state index in [4.69, 9.17) is 37.9 Å². The molecule has 0 saturated heterocycles. The molecule has 0 aliphatic rings. The van der Waals surface area contributed by atoms with Crippen LogP contribution in [-0.4, -0.2) is 107 Å². The molecule has 8 aromatic rings. The number of nitro benzene ring substituents is 4. The summed E-state index contributed by atoms with van der Waals surface area (Å²) in [6, 6.07) is 58.0. The van der Waals surface area contributed by atoms with Crippen molar-refractivity contribution in [2.24, 2.45) is 40.9 Å². The molecule has 0 aromatic heterocycles. The van der Waals surface area contributed by atoms with Crippen molar-refractivity contribution in [1.29, 1.82) is 0 Å². The van der Waals surface area contributed by atoms with Crippen LogP contribution in [0.15, 0.2) is 235 Å². The Bertz CT molecular complexity index is 3610. The van der Waals surface area contributed by atoms with E-state index >= 15 is 0 Å². The number of ether oxygens (including phenoxy) is 8. The number of benzene rings is 8. The van der Waals surface area contributed by atoms with Gasteiger partial charge in [0.05, 0.1) is 99.7 Å². The van der Waals surface area contributed by atoms with Gasteiger partial charge in [0.15, 0.2) is 0 Å². The van der Waals surface area contributed by atoms with E-state index in [2.05, 4.69) is 40.9 Å². The quantitative estimate of drug-likeness (QED) is 0.0112. The van der Waals surface area contributed by atoms with Crippen molar-refractivity contribution in [3.05, 3.63) is 235 Å². The van der Waals surface area contributed by atoms with E-state index in [1.165, 1.54) is 72.7 Å². The second-order valence-corrected chi connectivity index (χ2v) is 32.3. The van der Waals surface area contributed by atoms with Gasteiger partial charge in [0.25, 0.3) is 22.7 Å². The predicted molar refractivity (Wildman–Crippen MR) is 437 cm³/mol. The zero-order valence-corrected chi connectivity index (χ0v) is 65.3. The molecule has 0 aliphatic heterocycles. The zero-order valence-electron chi connectivity index (χ0n) is 64.3. The van der Waals surface area contributed by atoms with E-state index in [1.54, 1.807) is 48.5 Å². The van der Waals surface area contributed by atoms with Crippen molar-refractivity contribution in [3.8, 4) is 23.0 Å². The molecule has 0 radical (unpaired) electrons. The highest BCUT2D eigenvalue weighted by molar-refractivity contribution is 6.79. The van der Waals surface area contributed by atoms with Gasteiger partial charge in [0.1, 0.15) is 23.0 Å². The Morgan fingerprint density at radius 2 is 0.354 bits per heavy atom. The average Bonchev–Trinajstić information content (AvgIpc) is 0.879. The van der Waals surface area contributed by atoms with Crippen LogP contribution in [0.4, 0.5) is 68.2 Å². The van der Waals surface area contributed by atoms with E-state index in [9.17, 15) is 40.5 Å². The van der Waals surface area contributed by atoms with E-state index in [1.807, 2.05) is 97.1 Å². The van der Waals surface area contributed by atoms with Crippen molar-refractivity contribution in [1.82, 2.24) is 0 Å². The lowest BCUT2D eigenvalue weighted by Crippen LogP contribution is -2.35. The lowest BCUT2D eigenvalue weighted by atomic mass is 10.2. The molecule has 113 heavy (non-hydrogen) atoms. The monoisotopic (exact) mass is 1560 g/mol. The highest BCUT2D eigenvalue weighted by Gasteiger charge is 2.31. The molecule has 600 valence electrons. The van der Waals surface area contributed by atoms with Crippen LogP contribution in [0.2, 0.25) is 24.2 Å². The van der Waals surface area contributed by atoms with Crippen LogP contribution >= 0.6 is 0 Å². The van der Waals surface area contributed by atoms with Crippen LogP contribution in [0, 0.1) is 40.5 Å². The summed E-state index contributed by atoms with van der Waals surface area (Å²) in [4.78, 5) is 42.1. The minimum Gasteiger partial charge on any atom is -0.494 e. The van der Waals surface area contributed by atoms with Crippen LogP contribution in [-0.2, 0) is 18.9 Å². The lowest BCUT2D eigenvalue weighted by Gasteiger charge is -2.33. The molecule has 0 unspecified atom stereocenters. The SMILES string of the molecule is O=[N+]([O-])c1ccc(N=Nc2ccc(OCCCCCCOCCC[Si](CCCOCCCCCCOc3ccc(N=Nc4ccc([N+](=O)[O-])cc4)cc3)(CCCOCCCCCCOc3ccc(N=Nc4ccc([N+](=O)[O-])cc4)cc3)CCCOCCCCCCOc3ccc(N=Nc4ccc([N+](=O)[O-])cc4)cc3)cc2)cc1. The molecule has 0 N–H and O–H groups in total. The summed E-state index contributed by atoms with van der Waals surface area (Å²) in [6.45, 7) is 8.26. The molecule has 0 fully saturated rings. The number of non-ortho nitro benzene ring substituents is 4. The van der Waals surface area contributed by atoms with Crippen LogP contribution in [0.1, 0.15) is 128 Å². The Balaban J connectivity index is 0.756. The maximum atomic E-state index is 11.0. The van der Waals surface area contributed by atoms with Gasteiger partial charge >= 0.3 is 0 Å². The maximum Gasteiger partial charge on any atom is 0.269 e. The zero-order chi connectivity index (χ0) is 79.4. The largest absolute Gasteiger partial charge is 0.494 e. The fourth-order valence-electron chi connectivity index (χ4n) is 12.2. The molecule has 8 aromatic carbocycles. The third-order valence-electron chi connectivity index (χ3n) is 18.5. The number of hydrogen-bond donors (Lipinski definition) is 0. The van der Waals surface area contributed by atoms with Gasteiger partial charge in [-0.1, -0.05) is 49.9 Å². The summed E-state index contributed by atoms with van der Waals surface area (Å²) < 4.78 is 49.5. The predicted octanol–water partition coefficient (Wildman–Crippen LogP) is 24.9. The first-order valence-electron chi connectivity index (χ1n) is 39.2. The van der Waals surface area contributed by atoms with Crippen molar-refractivity contribution in [2.75, 3.05) is 79.3 Å². The molecule has 0 heterocycles. The second-order valence-electron chi connectivity index (χ2n) is 27.3. The van der Waals surface area contributed by atoms with E-state index in [0.29, 0.717) is 71.9 Å². The fourth-order valence-corrected chi connectivity index (χ4v) is 17.3. The Labute approximate surface area is 661 Å². The molecule has 0 aliphatic carbocycles. The van der Waals surface area contributed by atoms with Crippen molar-refractivity contribution >= 4 is 76.3 Å². The van der Waals surface area contributed by atoms with Crippen LogP contribution in [0.5, 0.6) is 23.0 Å². The molecular formula is C84H104N12O16Si. The normalized spacial score (nSPS) is 12.1. The van der Waals surface area contributed by atoms with Gasteiger partial charge in [-0.2, -0.15) is 40.9 Å². The fraction of sp³-hybridized carbons (Fsp3) is 0.429. The summed E-state index contributed by atoms with van der Waals surface area (Å²) >= 11 is 0. The van der Waals surface area contributed by atoms with Crippen molar-refractivity contribution in [2.45, 2.75) is 153 Å². The minimum atomic E-state index is -1.87. The smallest absolute Gasteiger partial charge is 0.269 e. The van der Waals surface area contributed by atoms with Gasteiger partial charge in [-0.3, -0.25) is 40.5 Å². The van der Waals surface area contributed by atoms with E-state index in [-0.39, 0.29) is 22.7 Å². The van der Waals surface area contributed by atoms with Gasteiger partial charge in [-0.25, -0.2) is 0 Å². The van der Waals surface area contributed by atoms with Gasteiger partial charge in [-0.15, -0.1) is 0 Å². The third kappa shape index (κ3) is 36.4. The highest BCUT2D eigenvalue weighted by Crippen LogP contribution is 2.34. The first kappa shape index (κ1) is 87.6. The van der Waals surface area contributed by atoms with Crippen LogP contribution in [0.3, 0.4) is 0 Å². The molecule has 0 saturated carbocycles. The number of nitro groups is 4. The van der Waals surface area contributed by atoms with Gasteiger partial charge in [0.2, 0.25) is 0 Å². The van der Waals surface area contributed by atoms with Gasteiger partial charge in [0, 0.05) is 101 Å². The molecule has 28 nitrogen and oxygen atoms in total. The molecule has 0 amide bonds. The van der Waals surface area contributed by atoms with E-state index in [0.717, 1.165) is 204 Å². The third-order valence-corrected chi connectivity index (χ3v) is 24.2. The molecule has 8 rings (SSSR count). The summed E-state index contributed by atoms with van der Waals surface area (Å²) in [7, 11) is -1.87. The number of hydrogen-bond acceptors (Lipinski definition) is 24. The Kier molecular flexibility index (Phi) is 40.5. The second kappa shape index (κ2) is 52.3. The van der Waals surface area contributed by atoms with Crippen LogP contribution < -0.4 is 18.9 Å².